The fraction of sp³-hybridized carbons (Fsp3) is 0.267. The molecule has 0 aliphatic heterocycles. The minimum atomic E-state index is -1.20. The highest BCUT2D eigenvalue weighted by atomic mass is 16.4. The molecule has 2 atom stereocenters. The van der Waals surface area contributed by atoms with Crippen molar-refractivity contribution in [2.24, 2.45) is 11.8 Å². The molecule has 0 saturated carbocycles. The van der Waals surface area contributed by atoms with E-state index in [1.54, 1.807) is 30.3 Å². The van der Waals surface area contributed by atoms with E-state index in [2.05, 4.69) is 5.32 Å². The molecule has 1 amide bonds. The third-order valence-electron chi connectivity index (χ3n) is 3.35. The van der Waals surface area contributed by atoms with Gasteiger partial charge in [0, 0.05) is 17.6 Å². The van der Waals surface area contributed by atoms with Gasteiger partial charge in [-0.2, -0.15) is 5.26 Å². The molecule has 0 radical (unpaired) electrons. The van der Waals surface area contributed by atoms with Gasteiger partial charge in [-0.3, -0.25) is 4.79 Å². The highest BCUT2D eigenvalue weighted by Gasteiger charge is 2.29. The zero-order valence-corrected chi connectivity index (χ0v) is 10.7. The van der Waals surface area contributed by atoms with E-state index in [0.29, 0.717) is 24.1 Å². The van der Waals surface area contributed by atoms with Crippen LogP contribution in [0.4, 0.5) is 5.69 Å². The largest absolute Gasteiger partial charge is 0.550 e. The van der Waals surface area contributed by atoms with Crippen LogP contribution in [0.3, 0.4) is 0 Å². The van der Waals surface area contributed by atoms with Gasteiger partial charge < -0.3 is 15.2 Å². The molecule has 1 aliphatic carbocycles. The fourth-order valence-electron chi connectivity index (χ4n) is 2.23. The maximum Gasteiger partial charge on any atom is 0.228 e. The summed E-state index contributed by atoms with van der Waals surface area (Å²) < 4.78 is 0. The lowest BCUT2D eigenvalue weighted by Crippen LogP contribution is -2.41. The first kappa shape index (κ1) is 13.8. The van der Waals surface area contributed by atoms with Crippen LogP contribution in [0.2, 0.25) is 0 Å². The molecule has 2 rings (SSSR count). The van der Waals surface area contributed by atoms with E-state index in [1.807, 2.05) is 12.1 Å². The predicted molar refractivity (Wildman–Crippen MR) is 70.1 cm³/mol. The quantitative estimate of drug-likeness (QED) is 0.822. The van der Waals surface area contributed by atoms with Crippen LogP contribution in [0.15, 0.2) is 36.4 Å². The van der Waals surface area contributed by atoms with Crippen molar-refractivity contribution in [1.82, 2.24) is 0 Å². The summed E-state index contributed by atoms with van der Waals surface area (Å²) in [4.78, 5) is 23.2. The average molecular weight is 269 g/mol. The van der Waals surface area contributed by atoms with E-state index < -0.39 is 17.8 Å². The van der Waals surface area contributed by atoms with Crippen molar-refractivity contribution >= 4 is 17.6 Å². The molecule has 1 aromatic rings. The number of aliphatic carboxylic acids is 1. The molecular weight excluding hydrogens is 256 g/mol. The van der Waals surface area contributed by atoms with Gasteiger partial charge in [-0.05, 0) is 37.1 Å². The van der Waals surface area contributed by atoms with E-state index in [9.17, 15) is 14.7 Å². The molecule has 1 aliphatic rings. The zero-order chi connectivity index (χ0) is 14.5. The molecule has 5 nitrogen and oxygen atoms in total. The van der Waals surface area contributed by atoms with Crippen LogP contribution in [-0.4, -0.2) is 11.9 Å². The number of anilines is 1. The maximum atomic E-state index is 12.1. The zero-order valence-electron chi connectivity index (χ0n) is 10.7. The molecule has 20 heavy (non-hydrogen) atoms. The Morgan fingerprint density at radius 3 is 2.30 bits per heavy atom. The lowest BCUT2D eigenvalue weighted by Gasteiger charge is -2.28. The smallest absolute Gasteiger partial charge is 0.228 e. The number of carbonyl (C=O) groups is 2. The Morgan fingerprint density at radius 1 is 1.15 bits per heavy atom. The molecule has 0 fully saturated rings. The van der Waals surface area contributed by atoms with Crippen molar-refractivity contribution in [2.75, 3.05) is 5.32 Å². The van der Waals surface area contributed by atoms with Crippen LogP contribution in [0.1, 0.15) is 18.4 Å². The van der Waals surface area contributed by atoms with Crippen LogP contribution < -0.4 is 10.4 Å². The molecule has 0 heterocycles. The number of hydrogen-bond acceptors (Lipinski definition) is 4. The van der Waals surface area contributed by atoms with Gasteiger partial charge in [-0.1, -0.05) is 12.2 Å². The SMILES string of the molecule is N#Cc1ccc(NC(=O)[C@H]2CC=CC[C@@H]2C(=O)[O-])cc1. The molecule has 0 aromatic heterocycles. The Labute approximate surface area is 116 Å². The van der Waals surface area contributed by atoms with E-state index >= 15 is 0 Å². The second kappa shape index (κ2) is 6.02. The number of carboxylic acids is 1. The molecule has 1 aromatic carbocycles. The number of hydrogen-bond donors (Lipinski definition) is 1. The van der Waals surface area contributed by atoms with Gasteiger partial charge in [0.15, 0.2) is 0 Å². The normalized spacial score (nSPS) is 20.9. The number of allylic oxidation sites excluding steroid dienone is 2. The van der Waals surface area contributed by atoms with Crippen LogP contribution in [0.25, 0.3) is 0 Å². The first-order valence-corrected chi connectivity index (χ1v) is 6.28. The highest BCUT2D eigenvalue weighted by molar-refractivity contribution is 5.95. The average Bonchev–Trinajstić information content (AvgIpc) is 2.48. The summed E-state index contributed by atoms with van der Waals surface area (Å²) in [6.45, 7) is 0. The van der Waals surface area contributed by atoms with E-state index in [4.69, 9.17) is 5.26 Å². The molecule has 0 unspecified atom stereocenters. The third-order valence-corrected chi connectivity index (χ3v) is 3.35. The highest BCUT2D eigenvalue weighted by Crippen LogP contribution is 2.26. The number of amides is 1. The second-order valence-corrected chi connectivity index (χ2v) is 4.65. The van der Waals surface area contributed by atoms with Gasteiger partial charge in [0.05, 0.1) is 17.6 Å². The monoisotopic (exact) mass is 269 g/mol. The van der Waals surface area contributed by atoms with Gasteiger partial charge in [0.25, 0.3) is 0 Å². The van der Waals surface area contributed by atoms with Crippen LogP contribution in [0, 0.1) is 23.2 Å². The minimum absolute atomic E-state index is 0.313. The number of carbonyl (C=O) groups excluding carboxylic acids is 2. The van der Waals surface area contributed by atoms with Crippen molar-refractivity contribution in [3.63, 3.8) is 0 Å². The van der Waals surface area contributed by atoms with Crippen molar-refractivity contribution < 1.29 is 14.7 Å². The van der Waals surface area contributed by atoms with E-state index in [0.717, 1.165) is 0 Å². The number of nitriles is 1. The Morgan fingerprint density at radius 2 is 1.75 bits per heavy atom. The van der Waals surface area contributed by atoms with Gasteiger partial charge in [-0.25, -0.2) is 0 Å². The summed E-state index contributed by atoms with van der Waals surface area (Å²) in [5, 5.41) is 22.4. The van der Waals surface area contributed by atoms with Gasteiger partial charge in [0.1, 0.15) is 0 Å². The topological polar surface area (TPSA) is 93.0 Å². The van der Waals surface area contributed by atoms with Crippen molar-refractivity contribution in [3.8, 4) is 6.07 Å². The number of nitrogens with zero attached hydrogens (tertiary/aromatic N) is 1. The van der Waals surface area contributed by atoms with E-state index in [-0.39, 0.29) is 5.91 Å². The molecule has 0 saturated heterocycles. The Bertz CT molecular complexity index is 584. The number of nitrogens with one attached hydrogen (secondary N) is 1. The molecule has 102 valence electrons. The summed E-state index contributed by atoms with van der Waals surface area (Å²) in [5.74, 6) is -2.96. The van der Waals surface area contributed by atoms with Crippen molar-refractivity contribution in [3.05, 3.63) is 42.0 Å². The third kappa shape index (κ3) is 3.04. The first-order valence-electron chi connectivity index (χ1n) is 6.28. The summed E-state index contributed by atoms with van der Waals surface area (Å²) in [6.07, 6.45) is 4.27. The summed E-state index contributed by atoms with van der Waals surface area (Å²) in [6, 6.07) is 8.39. The summed E-state index contributed by atoms with van der Waals surface area (Å²) >= 11 is 0. The van der Waals surface area contributed by atoms with Crippen LogP contribution in [0.5, 0.6) is 0 Å². The fourth-order valence-corrected chi connectivity index (χ4v) is 2.23. The Balaban J connectivity index is 2.08. The number of rotatable bonds is 3. The lowest BCUT2D eigenvalue weighted by molar-refractivity contribution is -0.313. The van der Waals surface area contributed by atoms with Crippen molar-refractivity contribution in [2.45, 2.75) is 12.8 Å². The Kier molecular flexibility index (Phi) is 4.16. The Hall–Kier alpha value is -2.61. The van der Waals surface area contributed by atoms with Gasteiger partial charge >= 0.3 is 0 Å². The first-order chi connectivity index (χ1) is 9.61. The van der Waals surface area contributed by atoms with Crippen LogP contribution >= 0.6 is 0 Å². The van der Waals surface area contributed by atoms with Gasteiger partial charge in [0.2, 0.25) is 5.91 Å². The molecule has 0 bridgehead atoms. The predicted octanol–water partition coefficient (Wildman–Crippen LogP) is 0.829. The van der Waals surface area contributed by atoms with E-state index in [1.165, 1.54) is 0 Å². The molecule has 1 N–H and O–H groups in total. The lowest BCUT2D eigenvalue weighted by atomic mass is 9.82. The van der Waals surface area contributed by atoms with Crippen molar-refractivity contribution in [1.29, 1.82) is 5.26 Å². The summed E-state index contributed by atoms with van der Waals surface area (Å²) in [5.41, 5.74) is 1.04. The molecule has 0 spiro atoms. The molecule has 5 heteroatoms. The molecular formula is C15H13N2O3-. The number of benzene rings is 1. The number of carboxylic acid groups (broad SMARTS) is 1. The minimum Gasteiger partial charge on any atom is -0.550 e. The second-order valence-electron chi connectivity index (χ2n) is 4.65. The van der Waals surface area contributed by atoms with Crippen LogP contribution in [-0.2, 0) is 9.59 Å². The van der Waals surface area contributed by atoms with Gasteiger partial charge in [-0.15, -0.1) is 0 Å². The standard InChI is InChI=1S/C15H14N2O3/c16-9-10-5-7-11(8-6-10)17-14(18)12-3-1-2-4-13(12)15(19)20/h1-2,5-8,12-13H,3-4H2,(H,17,18)(H,19,20)/p-1/t12-,13-/m0/s1. The summed E-state index contributed by atoms with van der Waals surface area (Å²) in [7, 11) is 0. The maximum absolute atomic E-state index is 12.1.